The fraction of sp³-hybridized carbons (Fsp3) is 0. The average molecular weight is 112 g/mol. The van der Waals surface area contributed by atoms with Crippen molar-refractivity contribution in [3.63, 3.8) is 0 Å². The first-order valence-electron chi connectivity index (χ1n) is 2.03. The second-order valence-corrected chi connectivity index (χ2v) is 1.08. The standard InChI is InChI=1S/C4H8N4/c5-2-1-3-8-4(6)7/h1-3,5H,(H4,6,7,8)/b3-1-,5-2?. The molecule has 0 saturated heterocycles. The zero-order valence-corrected chi connectivity index (χ0v) is 4.31. The van der Waals surface area contributed by atoms with Crippen LogP contribution in [0.1, 0.15) is 0 Å². The lowest BCUT2D eigenvalue weighted by atomic mass is 10.6. The molecule has 0 fully saturated rings. The Bertz CT molecular complexity index is 115. The number of hydrogen-bond acceptors (Lipinski definition) is 2. The molecule has 0 spiro atoms. The van der Waals surface area contributed by atoms with E-state index in [4.69, 9.17) is 16.6 Å². The molecule has 0 aliphatic heterocycles. The predicted molar refractivity (Wildman–Crippen MR) is 33.0 cm³/mol. The summed E-state index contributed by atoms with van der Waals surface area (Å²) in [6.45, 7) is 0. The maximum absolute atomic E-state index is 6.61. The average Bonchev–Trinajstić information content (AvgIpc) is 1.66. The van der Waals surface area contributed by atoms with Crippen LogP contribution in [0, 0.1) is 10.8 Å². The van der Waals surface area contributed by atoms with Gasteiger partial charge in [-0.1, -0.05) is 0 Å². The molecule has 0 saturated carbocycles. The maximum Gasteiger partial charge on any atom is 0.189 e. The van der Waals surface area contributed by atoms with E-state index in [1.54, 1.807) is 0 Å². The van der Waals surface area contributed by atoms with Gasteiger partial charge in [-0.2, -0.15) is 0 Å². The van der Waals surface area contributed by atoms with Crippen LogP contribution >= 0.6 is 0 Å². The van der Waals surface area contributed by atoms with Gasteiger partial charge in [-0.15, -0.1) is 0 Å². The highest BCUT2D eigenvalue weighted by Crippen LogP contribution is 1.56. The first-order chi connectivity index (χ1) is 3.77. The molecular weight excluding hydrogens is 104 g/mol. The molecule has 5 N–H and O–H groups in total. The van der Waals surface area contributed by atoms with Crippen molar-refractivity contribution in [3.05, 3.63) is 12.3 Å². The van der Waals surface area contributed by atoms with Crippen LogP contribution in [0.25, 0.3) is 0 Å². The molecule has 0 heterocycles. The molecule has 8 heavy (non-hydrogen) atoms. The van der Waals surface area contributed by atoms with Gasteiger partial charge in [0.2, 0.25) is 0 Å². The van der Waals surface area contributed by atoms with Gasteiger partial charge >= 0.3 is 0 Å². The molecule has 0 radical (unpaired) electrons. The Hall–Kier alpha value is -1.32. The van der Waals surface area contributed by atoms with Gasteiger partial charge in [-0.3, -0.25) is 5.41 Å². The topological polar surface area (TPSA) is 85.8 Å². The Labute approximate surface area is 47.4 Å². The monoisotopic (exact) mass is 112 g/mol. The van der Waals surface area contributed by atoms with E-state index in [9.17, 15) is 0 Å². The van der Waals surface area contributed by atoms with Gasteiger partial charge in [0.05, 0.1) is 0 Å². The lowest BCUT2D eigenvalue weighted by Gasteiger charge is -1.89. The number of nitrogens with two attached hydrogens (primary N) is 1. The Morgan fingerprint density at radius 2 is 2.25 bits per heavy atom. The van der Waals surface area contributed by atoms with Crippen LogP contribution in [0.2, 0.25) is 0 Å². The fourth-order valence-electron chi connectivity index (χ4n) is 0.186. The van der Waals surface area contributed by atoms with Crippen molar-refractivity contribution in [2.45, 2.75) is 0 Å². The molecule has 0 aromatic carbocycles. The van der Waals surface area contributed by atoms with Crippen LogP contribution in [0.3, 0.4) is 0 Å². The molecule has 4 nitrogen and oxygen atoms in total. The van der Waals surface area contributed by atoms with Gasteiger partial charge in [-0.05, 0) is 6.08 Å². The van der Waals surface area contributed by atoms with Crippen LogP contribution in [-0.4, -0.2) is 12.2 Å². The quantitative estimate of drug-likeness (QED) is 0.290. The second kappa shape index (κ2) is 3.86. The first kappa shape index (κ1) is 6.68. The molecule has 0 aromatic heterocycles. The molecule has 0 aromatic rings. The molecule has 0 rings (SSSR count). The van der Waals surface area contributed by atoms with Crippen molar-refractivity contribution in [2.24, 2.45) is 5.73 Å². The highest BCUT2D eigenvalue weighted by Gasteiger charge is 1.72. The predicted octanol–water partition coefficient (Wildman–Crippen LogP) is -0.367. The van der Waals surface area contributed by atoms with Crippen LogP contribution in [0.4, 0.5) is 0 Å². The molecule has 0 aliphatic rings. The summed E-state index contributed by atoms with van der Waals surface area (Å²) in [7, 11) is 0. The van der Waals surface area contributed by atoms with E-state index in [2.05, 4.69) is 5.32 Å². The largest absolute Gasteiger partial charge is 0.370 e. The van der Waals surface area contributed by atoms with E-state index in [-0.39, 0.29) is 5.96 Å². The molecule has 0 amide bonds. The van der Waals surface area contributed by atoms with Crippen LogP contribution in [0.5, 0.6) is 0 Å². The van der Waals surface area contributed by atoms with Gasteiger partial charge in [0, 0.05) is 12.4 Å². The lowest BCUT2D eigenvalue weighted by Crippen LogP contribution is -2.24. The molecule has 4 heteroatoms. The Morgan fingerprint density at radius 1 is 1.62 bits per heavy atom. The molecule has 0 atom stereocenters. The number of rotatable bonds is 2. The normalized spacial score (nSPS) is 9.00. The summed E-state index contributed by atoms with van der Waals surface area (Å²) in [5.41, 5.74) is 4.88. The lowest BCUT2D eigenvalue weighted by molar-refractivity contribution is 1.19. The first-order valence-corrected chi connectivity index (χ1v) is 2.03. The Kier molecular flexibility index (Phi) is 3.22. The summed E-state index contributed by atoms with van der Waals surface area (Å²) >= 11 is 0. The third-order valence-corrected chi connectivity index (χ3v) is 0.431. The zero-order chi connectivity index (χ0) is 6.41. The van der Waals surface area contributed by atoms with Crippen LogP contribution in [-0.2, 0) is 0 Å². The Morgan fingerprint density at radius 3 is 2.62 bits per heavy atom. The van der Waals surface area contributed by atoms with E-state index in [1.807, 2.05) is 0 Å². The van der Waals surface area contributed by atoms with E-state index in [0.29, 0.717) is 0 Å². The molecule has 0 aliphatic carbocycles. The minimum Gasteiger partial charge on any atom is -0.370 e. The minimum absolute atomic E-state index is 0.122. The molecular formula is C4H8N4. The van der Waals surface area contributed by atoms with Gasteiger partial charge in [0.1, 0.15) is 0 Å². The van der Waals surface area contributed by atoms with Crippen molar-refractivity contribution >= 4 is 12.2 Å². The number of guanidine groups is 1. The highest BCUT2D eigenvalue weighted by atomic mass is 15.0. The zero-order valence-electron chi connectivity index (χ0n) is 4.31. The molecule has 0 bridgehead atoms. The fourth-order valence-corrected chi connectivity index (χ4v) is 0.186. The summed E-state index contributed by atoms with van der Waals surface area (Å²) in [5, 5.41) is 15.5. The summed E-state index contributed by atoms with van der Waals surface area (Å²) in [5.74, 6) is -0.122. The van der Waals surface area contributed by atoms with Gasteiger partial charge in [0.25, 0.3) is 0 Å². The van der Waals surface area contributed by atoms with Crippen molar-refractivity contribution in [2.75, 3.05) is 0 Å². The summed E-state index contributed by atoms with van der Waals surface area (Å²) in [4.78, 5) is 0. The van der Waals surface area contributed by atoms with Crippen LogP contribution < -0.4 is 11.1 Å². The van der Waals surface area contributed by atoms with Crippen molar-refractivity contribution in [1.29, 1.82) is 10.8 Å². The Balaban J connectivity index is 3.29. The van der Waals surface area contributed by atoms with E-state index in [0.717, 1.165) is 6.21 Å². The number of allylic oxidation sites excluding steroid dienone is 1. The van der Waals surface area contributed by atoms with Crippen molar-refractivity contribution in [1.82, 2.24) is 5.32 Å². The number of nitrogens with one attached hydrogen (secondary N) is 3. The van der Waals surface area contributed by atoms with Crippen molar-refractivity contribution in [3.8, 4) is 0 Å². The van der Waals surface area contributed by atoms with Crippen LogP contribution in [0.15, 0.2) is 12.3 Å². The van der Waals surface area contributed by atoms with E-state index >= 15 is 0 Å². The second-order valence-electron chi connectivity index (χ2n) is 1.08. The number of hydrogen-bond donors (Lipinski definition) is 4. The smallest absolute Gasteiger partial charge is 0.189 e. The highest BCUT2D eigenvalue weighted by molar-refractivity contribution is 5.76. The molecule has 44 valence electrons. The SMILES string of the molecule is N=C/C=C\NC(=N)N. The summed E-state index contributed by atoms with van der Waals surface area (Å²) < 4.78 is 0. The third kappa shape index (κ3) is 4.68. The minimum atomic E-state index is -0.122. The van der Waals surface area contributed by atoms with Gasteiger partial charge in [0.15, 0.2) is 5.96 Å². The third-order valence-electron chi connectivity index (χ3n) is 0.431. The van der Waals surface area contributed by atoms with E-state index < -0.39 is 0 Å². The van der Waals surface area contributed by atoms with Crippen molar-refractivity contribution < 1.29 is 0 Å². The van der Waals surface area contributed by atoms with Gasteiger partial charge in [-0.25, -0.2) is 0 Å². The summed E-state index contributed by atoms with van der Waals surface area (Å²) in [6.07, 6.45) is 3.94. The summed E-state index contributed by atoms with van der Waals surface area (Å²) in [6, 6.07) is 0. The maximum atomic E-state index is 6.61. The van der Waals surface area contributed by atoms with Gasteiger partial charge < -0.3 is 16.5 Å². The molecule has 0 unspecified atom stereocenters. The van der Waals surface area contributed by atoms with E-state index in [1.165, 1.54) is 12.3 Å².